The molecule has 1 amide bonds. The van der Waals surface area contributed by atoms with Gasteiger partial charge in [0, 0.05) is 19.3 Å². The van der Waals surface area contributed by atoms with Crippen LogP contribution in [-0.2, 0) is 16.1 Å². The summed E-state index contributed by atoms with van der Waals surface area (Å²) in [6, 6.07) is 7.54. The second-order valence-electron chi connectivity index (χ2n) is 4.95. The smallest absolute Gasteiger partial charge is 0.251 e. The van der Waals surface area contributed by atoms with Gasteiger partial charge in [-0.1, -0.05) is 12.1 Å². The first-order valence-corrected chi connectivity index (χ1v) is 6.71. The summed E-state index contributed by atoms with van der Waals surface area (Å²) in [4.78, 5) is 12.2. The van der Waals surface area contributed by atoms with Gasteiger partial charge in [-0.25, -0.2) is 0 Å². The number of hydrogen-bond acceptors (Lipinski definition) is 3. The van der Waals surface area contributed by atoms with E-state index < -0.39 is 0 Å². The largest absolute Gasteiger partial charge is 0.380 e. The summed E-state index contributed by atoms with van der Waals surface area (Å²) in [6.45, 7) is 3.31. The Bertz CT molecular complexity index is 427. The zero-order chi connectivity index (χ0) is 13.7. The molecule has 1 aromatic rings. The van der Waals surface area contributed by atoms with Gasteiger partial charge in [0.25, 0.3) is 5.91 Å². The Kier molecular flexibility index (Phi) is 4.93. The van der Waals surface area contributed by atoms with Crippen LogP contribution in [0.3, 0.4) is 0 Å². The van der Waals surface area contributed by atoms with E-state index in [1.807, 2.05) is 31.2 Å². The Balaban J connectivity index is 1.96. The number of carbonyl (C=O) groups is 1. The van der Waals surface area contributed by atoms with Crippen LogP contribution in [0.25, 0.3) is 0 Å². The highest BCUT2D eigenvalue weighted by Gasteiger charge is 2.23. The van der Waals surface area contributed by atoms with Gasteiger partial charge in [-0.2, -0.15) is 0 Å². The second-order valence-corrected chi connectivity index (χ2v) is 4.95. The molecule has 1 N–H and O–H groups in total. The first kappa shape index (κ1) is 14.0. The molecule has 1 saturated heterocycles. The van der Waals surface area contributed by atoms with Crippen LogP contribution in [0.4, 0.5) is 0 Å². The fourth-order valence-corrected chi connectivity index (χ4v) is 2.35. The van der Waals surface area contributed by atoms with Gasteiger partial charge in [-0.3, -0.25) is 4.79 Å². The van der Waals surface area contributed by atoms with Gasteiger partial charge < -0.3 is 14.8 Å². The average Bonchev–Trinajstić information content (AvgIpc) is 2.93. The second kappa shape index (κ2) is 6.68. The van der Waals surface area contributed by atoms with E-state index in [0.29, 0.717) is 12.2 Å². The minimum Gasteiger partial charge on any atom is -0.380 e. The van der Waals surface area contributed by atoms with Crippen LogP contribution in [0.1, 0.15) is 35.7 Å². The first-order valence-electron chi connectivity index (χ1n) is 6.71. The molecule has 1 heterocycles. The molecule has 4 nitrogen and oxygen atoms in total. The maximum Gasteiger partial charge on any atom is 0.251 e. The van der Waals surface area contributed by atoms with Gasteiger partial charge in [0.15, 0.2) is 0 Å². The van der Waals surface area contributed by atoms with Crippen molar-refractivity contribution in [3.8, 4) is 0 Å². The highest BCUT2D eigenvalue weighted by molar-refractivity contribution is 5.94. The molecule has 0 aromatic heterocycles. The summed E-state index contributed by atoms with van der Waals surface area (Å²) in [5, 5.41) is 3.00. The maximum atomic E-state index is 12.2. The molecule has 4 heteroatoms. The third-order valence-electron chi connectivity index (χ3n) is 3.38. The third kappa shape index (κ3) is 3.78. The minimum absolute atomic E-state index is 0.0427. The molecule has 1 aliphatic rings. The standard InChI is InChI=1S/C15H21NO3/c1-11(14-7-4-8-19-14)16-15(17)13-6-3-5-12(9-13)10-18-2/h3,5-6,9,11,14H,4,7-8,10H2,1-2H3,(H,16,17)/t11-,14-/m1/s1. The molecule has 19 heavy (non-hydrogen) atoms. The molecule has 0 spiro atoms. The van der Waals surface area contributed by atoms with Gasteiger partial charge in [-0.05, 0) is 37.5 Å². The molecule has 2 rings (SSSR count). The van der Waals surface area contributed by atoms with E-state index in [1.54, 1.807) is 7.11 Å². The number of nitrogens with one attached hydrogen (secondary N) is 1. The number of methoxy groups -OCH3 is 1. The van der Waals surface area contributed by atoms with E-state index in [1.165, 1.54) is 0 Å². The molecule has 2 atom stereocenters. The van der Waals surface area contributed by atoms with Crippen molar-refractivity contribution >= 4 is 5.91 Å². The summed E-state index contributed by atoms with van der Waals surface area (Å²) in [5.41, 5.74) is 1.67. The van der Waals surface area contributed by atoms with Crippen molar-refractivity contribution in [2.75, 3.05) is 13.7 Å². The Morgan fingerprint density at radius 2 is 2.42 bits per heavy atom. The summed E-state index contributed by atoms with van der Waals surface area (Å²) < 4.78 is 10.7. The van der Waals surface area contributed by atoms with Crippen LogP contribution in [0.15, 0.2) is 24.3 Å². The summed E-state index contributed by atoms with van der Waals surface area (Å²) in [6.07, 6.45) is 2.24. The molecule has 1 aliphatic heterocycles. The van der Waals surface area contributed by atoms with Crippen molar-refractivity contribution in [2.24, 2.45) is 0 Å². The van der Waals surface area contributed by atoms with Crippen molar-refractivity contribution in [1.82, 2.24) is 5.32 Å². The van der Waals surface area contributed by atoms with Crippen LogP contribution >= 0.6 is 0 Å². The Hall–Kier alpha value is -1.39. The lowest BCUT2D eigenvalue weighted by Crippen LogP contribution is -2.40. The van der Waals surface area contributed by atoms with Gasteiger partial charge in [0.05, 0.1) is 18.8 Å². The van der Waals surface area contributed by atoms with Crippen molar-refractivity contribution in [3.63, 3.8) is 0 Å². The number of amides is 1. The third-order valence-corrected chi connectivity index (χ3v) is 3.38. The van der Waals surface area contributed by atoms with Crippen molar-refractivity contribution < 1.29 is 14.3 Å². The minimum atomic E-state index is -0.0547. The summed E-state index contributed by atoms with van der Waals surface area (Å²) in [5.74, 6) is -0.0547. The Labute approximate surface area is 114 Å². The normalized spacial score (nSPS) is 20.2. The zero-order valence-corrected chi connectivity index (χ0v) is 11.5. The average molecular weight is 263 g/mol. The van der Waals surface area contributed by atoms with E-state index in [0.717, 1.165) is 25.0 Å². The van der Waals surface area contributed by atoms with E-state index >= 15 is 0 Å². The van der Waals surface area contributed by atoms with E-state index in [2.05, 4.69) is 5.32 Å². The van der Waals surface area contributed by atoms with Crippen LogP contribution in [0.2, 0.25) is 0 Å². The SMILES string of the molecule is COCc1cccc(C(=O)N[C@H](C)[C@H]2CCCO2)c1. The number of hydrogen-bond donors (Lipinski definition) is 1. The lowest BCUT2D eigenvalue weighted by molar-refractivity contribution is 0.0712. The van der Waals surface area contributed by atoms with E-state index in [-0.39, 0.29) is 18.1 Å². The van der Waals surface area contributed by atoms with E-state index in [9.17, 15) is 4.79 Å². The van der Waals surface area contributed by atoms with Gasteiger partial charge in [0.2, 0.25) is 0 Å². The molecule has 0 unspecified atom stereocenters. The van der Waals surface area contributed by atoms with Gasteiger partial charge in [-0.15, -0.1) is 0 Å². The van der Waals surface area contributed by atoms with Crippen LogP contribution in [-0.4, -0.2) is 31.8 Å². The zero-order valence-electron chi connectivity index (χ0n) is 11.5. The van der Waals surface area contributed by atoms with Crippen molar-refractivity contribution in [2.45, 2.75) is 38.5 Å². The molecular formula is C15H21NO3. The molecule has 104 valence electrons. The van der Waals surface area contributed by atoms with Crippen LogP contribution in [0.5, 0.6) is 0 Å². The van der Waals surface area contributed by atoms with Crippen molar-refractivity contribution in [3.05, 3.63) is 35.4 Å². The maximum absolute atomic E-state index is 12.2. The van der Waals surface area contributed by atoms with Gasteiger partial charge >= 0.3 is 0 Å². The Morgan fingerprint density at radius 3 is 3.11 bits per heavy atom. The summed E-state index contributed by atoms with van der Waals surface area (Å²) >= 11 is 0. The highest BCUT2D eigenvalue weighted by atomic mass is 16.5. The number of carbonyl (C=O) groups excluding carboxylic acids is 1. The van der Waals surface area contributed by atoms with Crippen LogP contribution in [0, 0.1) is 0 Å². The number of rotatable bonds is 5. The number of benzene rings is 1. The molecule has 0 radical (unpaired) electrons. The van der Waals surface area contributed by atoms with E-state index in [4.69, 9.17) is 9.47 Å². The lowest BCUT2D eigenvalue weighted by atomic mass is 10.1. The van der Waals surface area contributed by atoms with Crippen molar-refractivity contribution in [1.29, 1.82) is 0 Å². The fourth-order valence-electron chi connectivity index (χ4n) is 2.35. The predicted octanol–water partition coefficient (Wildman–Crippen LogP) is 2.13. The monoisotopic (exact) mass is 263 g/mol. The highest BCUT2D eigenvalue weighted by Crippen LogP contribution is 2.16. The lowest BCUT2D eigenvalue weighted by Gasteiger charge is -2.20. The molecule has 1 fully saturated rings. The fraction of sp³-hybridized carbons (Fsp3) is 0.533. The molecule has 1 aromatic carbocycles. The topological polar surface area (TPSA) is 47.6 Å². The first-order chi connectivity index (χ1) is 9.20. The number of ether oxygens (including phenoxy) is 2. The molecule has 0 aliphatic carbocycles. The summed E-state index contributed by atoms with van der Waals surface area (Å²) in [7, 11) is 1.65. The van der Waals surface area contributed by atoms with Gasteiger partial charge in [0.1, 0.15) is 0 Å². The molecular weight excluding hydrogens is 242 g/mol. The Morgan fingerprint density at radius 1 is 1.58 bits per heavy atom. The quantitative estimate of drug-likeness (QED) is 0.885. The molecule has 0 saturated carbocycles. The predicted molar refractivity (Wildman–Crippen MR) is 73.1 cm³/mol. The van der Waals surface area contributed by atoms with Crippen LogP contribution < -0.4 is 5.32 Å². The molecule has 0 bridgehead atoms.